The first-order chi connectivity index (χ1) is 22.7. The number of fused-ring (bicyclic) bond motifs is 1. The number of para-hydroxylation sites is 1. The van der Waals surface area contributed by atoms with Crippen molar-refractivity contribution in [1.82, 2.24) is 29.7 Å². The number of aromatic nitrogens is 5. The van der Waals surface area contributed by atoms with E-state index in [9.17, 15) is 14.3 Å². The molecular formula is C35H34FN7O3S. The normalized spacial score (nSPS) is 11.5. The Morgan fingerprint density at radius 2 is 1.79 bits per heavy atom. The molecule has 0 aliphatic heterocycles. The summed E-state index contributed by atoms with van der Waals surface area (Å²) in [4.78, 5) is 15.1. The number of nitrogens with one attached hydrogen (secondary N) is 2. The monoisotopic (exact) mass is 651 g/mol. The van der Waals surface area contributed by atoms with Crippen LogP contribution in [-0.2, 0) is 12.0 Å². The molecule has 3 aromatic carbocycles. The van der Waals surface area contributed by atoms with Gasteiger partial charge in [-0.2, -0.15) is 5.10 Å². The number of carbonyl (C=O) groups excluding carboxylic acids is 1. The third kappa shape index (κ3) is 7.29. The highest BCUT2D eigenvalue weighted by Crippen LogP contribution is 2.34. The Hall–Kier alpha value is -5.20. The molecule has 0 spiro atoms. The maximum absolute atomic E-state index is 14.0. The molecule has 0 bridgehead atoms. The summed E-state index contributed by atoms with van der Waals surface area (Å²) in [5.74, 6) is 1.27. The molecule has 0 fully saturated rings. The van der Waals surface area contributed by atoms with Crippen LogP contribution in [0, 0.1) is 5.82 Å². The van der Waals surface area contributed by atoms with E-state index in [1.54, 1.807) is 34.6 Å². The Bertz CT molecular complexity index is 2040. The second-order valence-electron chi connectivity index (χ2n) is 11.8. The second kappa shape index (κ2) is 13.7. The minimum Gasteiger partial charge on any atom is -0.490 e. The van der Waals surface area contributed by atoms with Gasteiger partial charge in [-0.1, -0.05) is 68.9 Å². The zero-order chi connectivity index (χ0) is 33.0. The van der Waals surface area contributed by atoms with Crippen LogP contribution in [0.4, 0.5) is 15.0 Å². The number of anilines is 1. The van der Waals surface area contributed by atoms with Crippen molar-refractivity contribution in [2.45, 2.75) is 42.5 Å². The van der Waals surface area contributed by atoms with E-state index in [0.29, 0.717) is 28.7 Å². The first-order valence-corrected chi connectivity index (χ1v) is 15.9. The van der Waals surface area contributed by atoms with Gasteiger partial charge in [0.1, 0.15) is 24.0 Å². The number of amides is 2. The Kier molecular flexibility index (Phi) is 9.23. The Labute approximate surface area is 275 Å². The number of rotatable bonds is 10. The molecule has 10 nitrogen and oxygen atoms in total. The van der Waals surface area contributed by atoms with Crippen molar-refractivity contribution < 1.29 is 19.0 Å². The molecule has 0 radical (unpaired) electrons. The van der Waals surface area contributed by atoms with Crippen LogP contribution in [0.15, 0.2) is 107 Å². The quantitative estimate of drug-likeness (QED) is 0.148. The number of benzene rings is 3. The van der Waals surface area contributed by atoms with Crippen LogP contribution in [0.2, 0.25) is 0 Å². The van der Waals surface area contributed by atoms with Crippen molar-refractivity contribution in [3.8, 4) is 22.8 Å². The van der Waals surface area contributed by atoms with Crippen LogP contribution < -0.4 is 15.4 Å². The van der Waals surface area contributed by atoms with Gasteiger partial charge in [-0.25, -0.2) is 13.9 Å². The lowest BCUT2D eigenvalue weighted by atomic mass is 9.92. The zero-order valence-electron chi connectivity index (χ0n) is 26.1. The number of pyridine rings is 1. The van der Waals surface area contributed by atoms with Crippen molar-refractivity contribution >= 4 is 29.3 Å². The van der Waals surface area contributed by atoms with Crippen molar-refractivity contribution in [1.29, 1.82) is 0 Å². The first kappa shape index (κ1) is 31.8. The number of hydrogen-bond donors (Lipinski definition) is 3. The number of carbonyl (C=O) groups is 1. The van der Waals surface area contributed by atoms with E-state index in [0.717, 1.165) is 26.6 Å². The molecule has 12 heteroatoms. The summed E-state index contributed by atoms with van der Waals surface area (Å²) >= 11 is 1.56. The van der Waals surface area contributed by atoms with Gasteiger partial charge < -0.3 is 15.2 Å². The van der Waals surface area contributed by atoms with E-state index in [1.807, 2.05) is 92.0 Å². The topological polar surface area (TPSA) is 119 Å². The standard InChI is InChI=1S/C35H34FN7O3S/c1-35(2,3)30-20-32(43(41-30)25-11-8-10-24(36)19-25)38-34(45)37-21-23-9-4-7-14-29(23)47-26-15-16-31-39-40-33(42(31)22-26)27-12-5-6-13-28(27)46-18-17-44/h4-16,19-20,22,44H,17-18,21H2,1-3H3,(H2,37,38,45). The maximum atomic E-state index is 14.0. The average molecular weight is 652 g/mol. The molecule has 2 amide bonds. The van der Waals surface area contributed by atoms with Crippen LogP contribution in [-0.4, -0.2) is 48.7 Å². The van der Waals surface area contributed by atoms with Crippen LogP contribution in [0.3, 0.4) is 0 Å². The minimum absolute atomic E-state index is 0.0939. The number of aliphatic hydroxyl groups excluding tert-OH is 1. The minimum atomic E-state index is -0.416. The van der Waals surface area contributed by atoms with Crippen molar-refractivity contribution in [3.05, 3.63) is 114 Å². The molecular weight excluding hydrogens is 617 g/mol. The molecule has 0 unspecified atom stereocenters. The SMILES string of the molecule is CC(C)(C)c1cc(NC(=O)NCc2ccccc2Sc2ccc3nnc(-c4ccccc4OCCO)n3c2)n(-c2cccc(F)c2)n1. The van der Waals surface area contributed by atoms with Crippen molar-refractivity contribution in [2.75, 3.05) is 18.5 Å². The fourth-order valence-corrected chi connectivity index (χ4v) is 5.87. The van der Waals surface area contributed by atoms with E-state index < -0.39 is 11.8 Å². The highest BCUT2D eigenvalue weighted by molar-refractivity contribution is 7.99. The van der Waals surface area contributed by atoms with E-state index in [4.69, 9.17) is 4.74 Å². The Morgan fingerprint density at radius 3 is 2.60 bits per heavy atom. The third-order valence-corrected chi connectivity index (χ3v) is 8.36. The smallest absolute Gasteiger partial charge is 0.320 e. The van der Waals surface area contributed by atoms with Crippen LogP contribution in [0.25, 0.3) is 22.7 Å². The number of nitrogens with zero attached hydrogens (tertiary/aromatic N) is 5. The summed E-state index contributed by atoms with van der Waals surface area (Å²) < 4.78 is 23.2. The van der Waals surface area contributed by atoms with Gasteiger partial charge in [-0.05, 0) is 54.1 Å². The highest BCUT2D eigenvalue weighted by atomic mass is 32.2. The van der Waals surface area contributed by atoms with E-state index >= 15 is 0 Å². The average Bonchev–Trinajstić information content (AvgIpc) is 3.68. The predicted molar refractivity (Wildman–Crippen MR) is 180 cm³/mol. The Morgan fingerprint density at radius 1 is 0.979 bits per heavy atom. The molecule has 0 saturated heterocycles. The van der Waals surface area contributed by atoms with Crippen molar-refractivity contribution in [3.63, 3.8) is 0 Å². The Balaban J connectivity index is 1.19. The molecule has 6 aromatic rings. The van der Waals surface area contributed by atoms with Gasteiger partial charge in [0, 0.05) is 34.0 Å². The molecule has 0 aliphatic rings. The van der Waals surface area contributed by atoms with Crippen molar-refractivity contribution in [2.24, 2.45) is 0 Å². The van der Waals surface area contributed by atoms with Gasteiger partial charge in [0.25, 0.3) is 0 Å². The lowest BCUT2D eigenvalue weighted by Crippen LogP contribution is -2.29. The van der Waals surface area contributed by atoms with E-state index in [-0.39, 0.29) is 25.2 Å². The van der Waals surface area contributed by atoms with E-state index in [2.05, 4.69) is 25.9 Å². The largest absolute Gasteiger partial charge is 0.490 e. The predicted octanol–water partition coefficient (Wildman–Crippen LogP) is 6.86. The molecule has 240 valence electrons. The second-order valence-corrected chi connectivity index (χ2v) is 12.9. The molecule has 3 heterocycles. The summed E-state index contributed by atoms with van der Waals surface area (Å²) in [7, 11) is 0. The number of hydrogen-bond acceptors (Lipinski definition) is 7. The van der Waals surface area contributed by atoms with Gasteiger partial charge in [-0.15, -0.1) is 10.2 Å². The summed E-state index contributed by atoms with van der Waals surface area (Å²) in [6, 6.07) is 26.7. The van der Waals surface area contributed by atoms with Crippen LogP contribution in [0.5, 0.6) is 5.75 Å². The number of ether oxygens (including phenoxy) is 1. The van der Waals surface area contributed by atoms with Gasteiger partial charge in [0.05, 0.1) is 23.6 Å². The lowest BCUT2D eigenvalue weighted by molar-refractivity contribution is 0.202. The number of urea groups is 1. The van der Waals surface area contributed by atoms with Crippen LogP contribution >= 0.6 is 11.8 Å². The summed E-state index contributed by atoms with van der Waals surface area (Å²) in [6.45, 7) is 6.43. The third-order valence-electron chi connectivity index (χ3n) is 7.26. The van der Waals surface area contributed by atoms with E-state index in [1.165, 1.54) is 12.1 Å². The molecule has 0 atom stereocenters. The van der Waals surface area contributed by atoms with Crippen LogP contribution in [0.1, 0.15) is 32.0 Å². The molecule has 47 heavy (non-hydrogen) atoms. The first-order valence-electron chi connectivity index (χ1n) is 15.0. The molecule has 0 aliphatic carbocycles. The summed E-state index contributed by atoms with van der Waals surface area (Å²) in [6.07, 6.45) is 1.97. The molecule has 0 saturated carbocycles. The zero-order valence-corrected chi connectivity index (χ0v) is 27.0. The fraction of sp³-hybridized carbons (Fsp3) is 0.200. The number of aliphatic hydroxyl groups is 1. The maximum Gasteiger partial charge on any atom is 0.320 e. The van der Waals surface area contributed by atoms with Gasteiger partial charge in [-0.3, -0.25) is 9.72 Å². The molecule has 6 rings (SSSR count). The fourth-order valence-electron chi connectivity index (χ4n) is 4.90. The highest BCUT2D eigenvalue weighted by Gasteiger charge is 2.22. The van der Waals surface area contributed by atoms with Gasteiger partial charge in [0.15, 0.2) is 11.5 Å². The summed E-state index contributed by atoms with van der Waals surface area (Å²) in [5.41, 5.74) is 3.35. The lowest BCUT2D eigenvalue weighted by Gasteiger charge is -2.14. The van der Waals surface area contributed by atoms with Gasteiger partial charge in [0.2, 0.25) is 0 Å². The molecule has 3 N–H and O–H groups in total. The summed E-state index contributed by atoms with van der Waals surface area (Å²) in [5, 5.41) is 28.5. The molecule has 3 aromatic heterocycles. The number of halogens is 1. The van der Waals surface area contributed by atoms with Gasteiger partial charge >= 0.3 is 6.03 Å².